The lowest BCUT2D eigenvalue weighted by atomic mass is 9.89. The van der Waals surface area contributed by atoms with Gasteiger partial charge in [0.2, 0.25) is 0 Å². The van der Waals surface area contributed by atoms with Gasteiger partial charge >= 0.3 is 17.6 Å². The van der Waals surface area contributed by atoms with E-state index in [0.717, 1.165) is 56.9 Å². The van der Waals surface area contributed by atoms with Crippen molar-refractivity contribution in [1.29, 1.82) is 0 Å². The Hall–Kier alpha value is -4.31. The molecular weight excluding hydrogens is 909 g/mol. The third-order valence-corrected chi connectivity index (χ3v) is 12.1. The molecule has 2 aliphatic rings. The van der Waals surface area contributed by atoms with E-state index in [-0.39, 0.29) is 43.5 Å². The standard InChI is InChI=1S/C51H78N4O15/c1-3-69-46(57)40-53-47-49(54(38-42-10-6-4-7-11-42)51(59)55(50(47)58)39-43-12-8-5-9-13-43)52-48(53)44-17-14-41(15-18-44)16-19-45(56)70-37-36-68-35-34-67-33-32-66-31-30-65-29-28-64-27-26-63-25-24-62-23-22-61-21-20-60-2/h14-19,42-43H,3-13,20-40H2,1-2H3. The van der Waals surface area contributed by atoms with Gasteiger partial charge in [-0.3, -0.25) is 18.7 Å². The van der Waals surface area contributed by atoms with Crippen LogP contribution in [0.2, 0.25) is 0 Å². The second-order valence-corrected chi connectivity index (χ2v) is 17.3. The Labute approximate surface area is 411 Å². The van der Waals surface area contributed by atoms with Gasteiger partial charge in [-0.1, -0.05) is 62.8 Å². The molecule has 0 unspecified atom stereocenters. The van der Waals surface area contributed by atoms with Gasteiger partial charge in [-0.2, -0.15) is 0 Å². The van der Waals surface area contributed by atoms with Crippen molar-refractivity contribution in [2.45, 2.75) is 90.8 Å². The summed E-state index contributed by atoms with van der Waals surface area (Å²) in [5.74, 6) is -0.104. The summed E-state index contributed by atoms with van der Waals surface area (Å²) >= 11 is 0. The predicted octanol–water partition coefficient (Wildman–Crippen LogP) is 5.09. The lowest BCUT2D eigenvalue weighted by Crippen LogP contribution is -2.43. The van der Waals surface area contributed by atoms with E-state index in [2.05, 4.69) is 0 Å². The second-order valence-electron chi connectivity index (χ2n) is 17.3. The van der Waals surface area contributed by atoms with E-state index in [9.17, 15) is 19.2 Å². The van der Waals surface area contributed by atoms with Crippen LogP contribution in [0.4, 0.5) is 0 Å². The van der Waals surface area contributed by atoms with E-state index in [1.807, 2.05) is 24.3 Å². The lowest BCUT2D eigenvalue weighted by molar-refractivity contribution is -0.143. The van der Waals surface area contributed by atoms with Crippen molar-refractivity contribution in [2.24, 2.45) is 11.8 Å². The first-order chi connectivity index (χ1) is 34.4. The first-order valence-corrected chi connectivity index (χ1v) is 25.3. The predicted molar refractivity (Wildman–Crippen MR) is 262 cm³/mol. The van der Waals surface area contributed by atoms with Crippen LogP contribution >= 0.6 is 0 Å². The van der Waals surface area contributed by atoms with Crippen LogP contribution in [0.15, 0.2) is 39.9 Å². The third kappa shape index (κ3) is 20.4. The monoisotopic (exact) mass is 987 g/mol. The SMILES string of the molecule is CCOC(=O)Cn1c(-c2ccc(C=CC(=O)OCCOCCOCCOCCOCCOCCOCCOCCOCCOC)cc2)nc2c1c(=O)n(CC1CCCCC1)c(=O)n2CC1CCCCC1. The number of hydrogen-bond donors (Lipinski definition) is 0. The Bertz CT molecular complexity index is 2070. The number of carbonyl (C=O) groups excluding carboxylic acids is 2. The van der Waals surface area contributed by atoms with Crippen molar-refractivity contribution in [3.63, 3.8) is 0 Å². The van der Waals surface area contributed by atoms with Gasteiger partial charge in [0.25, 0.3) is 5.56 Å². The van der Waals surface area contributed by atoms with Crippen LogP contribution in [0.1, 0.15) is 76.7 Å². The summed E-state index contributed by atoms with van der Waals surface area (Å²) in [5.41, 5.74) is 1.11. The van der Waals surface area contributed by atoms with Gasteiger partial charge < -0.3 is 56.7 Å². The van der Waals surface area contributed by atoms with Crippen LogP contribution in [0.3, 0.4) is 0 Å². The van der Waals surface area contributed by atoms with Gasteiger partial charge in [-0.25, -0.2) is 14.6 Å². The zero-order chi connectivity index (χ0) is 49.4. The molecular formula is C51H78N4O15. The van der Waals surface area contributed by atoms with E-state index >= 15 is 0 Å². The molecule has 3 aromatic rings. The number of aromatic nitrogens is 4. The molecule has 19 heteroatoms. The maximum absolute atomic E-state index is 14.4. The molecule has 2 aliphatic carbocycles. The molecule has 0 N–H and O–H groups in total. The normalized spacial score (nSPS) is 14.8. The summed E-state index contributed by atoms with van der Waals surface area (Å²) in [6.07, 6.45) is 13.7. The minimum atomic E-state index is -0.520. The highest BCUT2D eigenvalue weighted by Gasteiger charge is 2.27. The number of hydrogen-bond acceptors (Lipinski definition) is 16. The average Bonchev–Trinajstić information content (AvgIpc) is 3.75. The molecule has 0 radical (unpaired) electrons. The second kappa shape index (κ2) is 34.1. The lowest BCUT2D eigenvalue weighted by Gasteiger charge is -2.25. The van der Waals surface area contributed by atoms with Crippen LogP contribution in [-0.2, 0) is 81.3 Å². The highest BCUT2D eigenvalue weighted by atomic mass is 16.6. The number of fused-ring (bicyclic) bond motifs is 1. The minimum Gasteiger partial charge on any atom is -0.465 e. The fourth-order valence-electron chi connectivity index (χ4n) is 8.52. The van der Waals surface area contributed by atoms with E-state index < -0.39 is 17.5 Å². The highest BCUT2D eigenvalue weighted by molar-refractivity contribution is 5.87. The summed E-state index contributed by atoms with van der Waals surface area (Å²) < 4.78 is 64.0. The van der Waals surface area contributed by atoms with Crippen LogP contribution < -0.4 is 11.2 Å². The van der Waals surface area contributed by atoms with Crippen LogP contribution in [0, 0.1) is 11.8 Å². The first-order valence-electron chi connectivity index (χ1n) is 25.3. The Morgan fingerprint density at radius 1 is 0.571 bits per heavy atom. The summed E-state index contributed by atoms with van der Waals surface area (Å²) in [4.78, 5) is 59.2. The maximum Gasteiger partial charge on any atom is 0.332 e. The molecule has 2 heterocycles. The van der Waals surface area contributed by atoms with Gasteiger partial charge in [0.1, 0.15) is 19.0 Å². The van der Waals surface area contributed by atoms with Crippen LogP contribution in [-0.4, -0.2) is 163 Å². The summed E-state index contributed by atoms with van der Waals surface area (Å²) in [7, 11) is 1.64. The molecule has 0 bridgehead atoms. The third-order valence-electron chi connectivity index (χ3n) is 12.1. The molecule has 5 rings (SSSR count). The van der Waals surface area contributed by atoms with E-state index in [1.165, 1.54) is 23.5 Å². The Kier molecular flexibility index (Phi) is 27.6. The average molecular weight is 987 g/mol. The number of benzene rings is 1. The molecule has 0 amide bonds. The smallest absolute Gasteiger partial charge is 0.332 e. The number of methoxy groups -OCH3 is 1. The van der Waals surface area contributed by atoms with Crippen molar-refractivity contribution in [3.05, 3.63) is 56.7 Å². The number of ether oxygens (including phenoxy) is 11. The van der Waals surface area contributed by atoms with Crippen molar-refractivity contribution >= 4 is 29.2 Å². The molecule has 2 aromatic heterocycles. The van der Waals surface area contributed by atoms with Crippen LogP contribution in [0.25, 0.3) is 28.6 Å². The topological polar surface area (TPSA) is 197 Å². The van der Waals surface area contributed by atoms with Gasteiger partial charge in [0.05, 0.1) is 119 Å². The summed E-state index contributed by atoms with van der Waals surface area (Å²) in [6.45, 7) is 10.4. The molecule has 1 aromatic carbocycles. The molecule has 2 fully saturated rings. The molecule has 0 saturated heterocycles. The van der Waals surface area contributed by atoms with E-state index in [0.29, 0.717) is 142 Å². The zero-order valence-corrected chi connectivity index (χ0v) is 41.7. The largest absolute Gasteiger partial charge is 0.465 e. The maximum atomic E-state index is 14.4. The molecule has 19 nitrogen and oxygen atoms in total. The summed E-state index contributed by atoms with van der Waals surface area (Å²) in [5, 5.41) is 0. The number of carbonyl (C=O) groups is 2. The Morgan fingerprint density at radius 3 is 1.47 bits per heavy atom. The van der Waals surface area contributed by atoms with Crippen LogP contribution in [0.5, 0.6) is 0 Å². The number of rotatable bonds is 37. The molecule has 0 aliphatic heterocycles. The quantitative estimate of drug-likeness (QED) is 0.0421. The van der Waals surface area contributed by atoms with Gasteiger partial charge in [0, 0.05) is 31.8 Å². The van der Waals surface area contributed by atoms with Crippen molar-refractivity contribution in [2.75, 3.05) is 133 Å². The van der Waals surface area contributed by atoms with Gasteiger partial charge in [0.15, 0.2) is 11.2 Å². The van der Waals surface area contributed by atoms with Gasteiger partial charge in [-0.15, -0.1) is 0 Å². The van der Waals surface area contributed by atoms with Crippen molar-refractivity contribution in [3.8, 4) is 11.4 Å². The molecule has 70 heavy (non-hydrogen) atoms. The van der Waals surface area contributed by atoms with Gasteiger partial charge in [-0.05, 0) is 56.1 Å². The van der Waals surface area contributed by atoms with Crippen molar-refractivity contribution < 1.29 is 61.7 Å². The fourth-order valence-corrected chi connectivity index (χ4v) is 8.52. The van der Waals surface area contributed by atoms with E-state index in [1.54, 1.807) is 29.2 Å². The molecule has 0 atom stereocenters. The number of imidazole rings is 1. The highest BCUT2D eigenvalue weighted by Crippen LogP contribution is 2.29. The Morgan fingerprint density at radius 2 is 1.01 bits per heavy atom. The minimum absolute atomic E-state index is 0.0808. The Balaban J connectivity index is 0.980. The van der Waals surface area contributed by atoms with Crippen molar-refractivity contribution in [1.82, 2.24) is 18.7 Å². The molecule has 392 valence electrons. The molecule has 0 spiro atoms. The van der Waals surface area contributed by atoms with E-state index in [4.69, 9.17) is 57.1 Å². The first kappa shape index (κ1) is 56.6. The number of nitrogens with zero attached hydrogens (tertiary/aromatic N) is 4. The fraction of sp³-hybridized carbons (Fsp3) is 0.706. The summed E-state index contributed by atoms with van der Waals surface area (Å²) in [6, 6.07) is 7.26. The number of esters is 2. The molecule has 2 saturated carbocycles. The zero-order valence-electron chi connectivity index (χ0n) is 41.7.